The van der Waals surface area contributed by atoms with Crippen LogP contribution in [0.1, 0.15) is 46.0 Å². The maximum atomic E-state index is 10.8. The summed E-state index contributed by atoms with van der Waals surface area (Å²) in [7, 11) is 0. The van der Waals surface area contributed by atoms with E-state index in [0.29, 0.717) is 6.61 Å². The minimum Gasteiger partial charge on any atom is -0.463 e. The van der Waals surface area contributed by atoms with Gasteiger partial charge in [-0.25, -0.2) is 4.79 Å². The van der Waals surface area contributed by atoms with Gasteiger partial charge in [0.15, 0.2) is 0 Å². The monoisotopic (exact) mass is 241 g/mol. The Kier molecular flexibility index (Phi) is 8.78. The average molecular weight is 241 g/mol. The molecule has 17 heavy (non-hydrogen) atoms. The van der Waals surface area contributed by atoms with Gasteiger partial charge in [0, 0.05) is 12.7 Å². The Labute approximate surface area is 105 Å². The number of unbranched alkanes of at least 4 members (excludes halogenated alkanes) is 1. The largest absolute Gasteiger partial charge is 0.463 e. The Morgan fingerprint density at radius 1 is 1.35 bits per heavy atom. The second kappa shape index (κ2) is 9.23. The number of carbonyl (C=O) groups is 1. The van der Waals surface area contributed by atoms with Crippen LogP contribution in [0.5, 0.6) is 0 Å². The predicted molar refractivity (Wildman–Crippen MR) is 69.6 cm³/mol. The van der Waals surface area contributed by atoms with Gasteiger partial charge in [0.25, 0.3) is 0 Å². The van der Waals surface area contributed by atoms with Gasteiger partial charge in [-0.2, -0.15) is 0 Å². The molecule has 0 spiro atoms. The van der Waals surface area contributed by atoms with Gasteiger partial charge in [-0.1, -0.05) is 26.8 Å². The van der Waals surface area contributed by atoms with Gasteiger partial charge < -0.3 is 9.47 Å². The summed E-state index contributed by atoms with van der Waals surface area (Å²) < 4.78 is 10.8. The van der Waals surface area contributed by atoms with Crippen molar-refractivity contribution in [3.8, 4) is 0 Å². The van der Waals surface area contributed by atoms with Crippen molar-refractivity contribution in [1.82, 2.24) is 0 Å². The van der Waals surface area contributed by atoms with Crippen LogP contribution in [0.25, 0.3) is 0 Å². The zero-order chi connectivity index (χ0) is 13.1. The van der Waals surface area contributed by atoms with E-state index < -0.39 is 0 Å². The Bertz CT molecular complexity index is 226. The minimum atomic E-state index is -0.367. The molecule has 0 aromatic heterocycles. The lowest BCUT2D eigenvalue weighted by Gasteiger charge is -2.28. The molecule has 99 valence electrons. The molecular formula is C14H25O3. The number of rotatable bonds is 10. The lowest BCUT2D eigenvalue weighted by atomic mass is 9.97. The van der Waals surface area contributed by atoms with Crippen LogP contribution in [-0.2, 0) is 14.3 Å². The predicted octanol–water partition coefficient (Wildman–Crippen LogP) is 3.30. The SMILES string of the molecule is [CH2]CC(C)(CCCOC(=O)C=C)OCCCC. The van der Waals surface area contributed by atoms with E-state index >= 15 is 0 Å². The first-order chi connectivity index (χ1) is 8.08. The second-order valence-corrected chi connectivity index (χ2v) is 4.38. The highest BCUT2D eigenvalue weighted by atomic mass is 16.5. The quantitative estimate of drug-likeness (QED) is 0.334. The molecule has 0 aromatic rings. The smallest absolute Gasteiger partial charge is 0.330 e. The van der Waals surface area contributed by atoms with Crippen LogP contribution in [0.15, 0.2) is 12.7 Å². The van der Waals surface area contributed by atoms with E-state index in [-0.39, 0.29) is 11.6 Å². The molecule has 0 aliphatic rings. The van der Waals surface area contributed by atoms with E-state index in [2.05, 4.69) is 27.4 Å². The topological polar surface area (TPSA) is 35.5 Å². The van der Waals surface area contributed by atoms with E-state index in [1.165, 1.54) is 6.08 Å². The normalized spacial score (nSPS) is 14.1. The third kappa shape index (κ3) is 7.97. The van der Waals surface area contributed by atoms with Crippen molar-refractivity contribution in [1.29, 1.82) is 0 Å². The van der Waals surface area contributed by atoms with Crippen LogP contribution in [0.4, 0.5) is 0 Å². The van der Waals surface area contributed by atoms with Gasteiger partial charge in [0.2, 0.25) is 0 Å². The number of hydrogen-bond acceptors (Lipinski definition) is 3. The molecule has 1 unspecified atom stereocenters. The Morgan fingerprint density at radius 2 is 2.06 bits per heavy atom. The fourth-order valence-electron chi connectivity index (χ4n) is 1.41. The second-order valence-electron chi connectivity index (χ2n) is 4.38. The first-order valence-corrected chi connectivity index (χ1v) is 6.30. The van der Waals surface area contributed by atoms with Gasteiger partial charge in [0.05, 0.1) is 12.2 Å². The fraction of sp³-hybridized carbons (Fsp3) is 0.714. The summed E-state index contributed by atoms with van der Waals surface area (Å²) >= 11 is 0. The summed E-state index contributed by atoms with van der Waals surface area (Å²) in [5.41, 5.74) is -0.199. The molecule has 1 atom stereocenters. The molecule has 0 saturated carbocycles. The summed E-state index contributed by atoms with van der Waals surface area (Å²) in [6.07, 6.45) is 5.75. The third-order valence-electron chi connectivity index (χ3n) is 2.74. The highest BCUT2D eigenvalue weighted by molar-refractivity contribution is 5.81. The van der Waals surface area contributed by atoms with E-state index in [1.807, 2.05) is 0 Å². The van der Waals surface area contributed by atoms with Gasteiger partial charge in [0.1, 0.15) is 0 Å². The first-order valence-electron chi connectivity index (χ1n) is 6.30. The zero-order valence-electron chi connectivity index (χ0n) is 11.2. The molecule has 0 aliphatic heterocycles. The molecule has 3 heteroatoms. The molecule has 0 N–H and O–H groups in total. The maximum Gasteiger partial charge on any atom is 0.330 e. The molecule has 0 aromatic carbocycles. The van der Waals surface area contributed by atoms with Crippen LogP contribution in [0.3, 0.4) is 0 Å². The van der Waals surface area contributed by atoms with Crippen molar-refractivity contribution in [2.75, 3.05) is 13.2 Å². The van der Waals surface area contributed by atoms with Crippen molar-refractivity contribution in [2.45, 2.75) is 51.6 Å². The summed E-state index contributed by atoms with van der Waals surface area (Å²) in [6.45, 7) is 12.6. The van der Waals surface area contributed by atoms with Crippen molar-refractivity contribution < 1.29 is 14.3 Å². The summed E-state index contributed by atoms with van der Waals surface area (Å²) in [6, 6.07) is 0. The van der Waals surface area contributed by atoms with Crippen LogP contribution < -0.4 is 0 Å². The van der Waals surface area contributed by atoms with E-state index in [1.54, 1.807) is 0 Å². The van der Waals surface area contributed by atoms with Crippen LogP contribution in [-0.4, -0.2) is 24.8 Å². The molecule has 1 radical (unpaired) electrons. The molecule has 0 heterocycles. The highest BCUT2D eigenvalue weighted by Crippen LogP contribution is 2.22. The van der Waals surface area contributed by atoms with Crippen LogP contribution >= 0.6 is 0 Å². The molecule has 0 amide bonds. The molecule has 0 aliphatic carbocycles. The van der Waals surface area contributed by atoms with Crippen molar-refractivity contribution in [2.24, 2.45) is 0 Å². The zero-order valence-corrected chi connectivity index (χ0v) is 11.2. The molecule has 0 bridgehead atoms. The maximum absolute atomic E-state index is 10.8. The first kappa shape index (κ1) is 16.2. The molecule has 0 rings (SSSR count). The van der Waals surface area contributed by atoms with E-state index in [4.69, 9.17) is 9.47 Å². The Balaban J connectivity index is 3.78. The van der Waals surface area contributed by atoms with Crippen LogP contribution in [0, 0.1) is 6.92 Å². The number of ether oxygens (including phenoxy) is 2. The Morgan fingerprint density at radius 3 is 2.59 bits per heavy atom. The molecule has 0 saturated heterocycles. The van der Waals surface area contributed by atoms with Gasteiger partial charge in [-0.3, -0.25) is 0 Å². The molecule has 0 fully saturated rings. The lowest BCUT2D eigenvalue weighted by Crippen LogP contribution is -2.29. The van der Waals surface area contributed by atoms with Crippen molar-refractivity contribution in [3.63, 3.8) is 0 Å². The summed E-state index contributed by atoms with van der Waals surface area (Å²) in [4.78, 5) is 10.8. The van der Waals surface area contributed by atoms with Gasteiger partial charge in [-0.05, 0) is 32.6 Å². The number of carbonyl (C=O) groups excluding carboxylic acids is 1. The standard InChI is InChI=1S/C14H25O3/c1-5-8-12-17-14(4,7-3)10-9-11-16-13(15)6-2/h6H,2-3,5,7-12H2,1,4H3. The van der Waals surface area contributed by atoms with Crippen molar-refractivity contribution >= 4 is 5.97 Å². The van der Waals surface area contributed by atoms with Crippen LogP contribution in [0.2, 0.25) is 0 Å². The molecule has 3 nitrogen and oxygen atoms in total. The van der Waals surface area contributed by atoms with Gasteiger partial charge in [-0.15, -0.1) is 0 Å². The highest BCUT2D eigenvalue weighted by Gasteiger charge is 2.22. The number of esters is 1. The van der Waals surface area contributed by atoms with Crippen molar-refractivity contribution in [3.05, 3.63) is 19.6 Å². The summed E-state index contributed by atoms with van der Waals surface area (Å²) in [5, 5.41) is 0. The molecular weight excluding hydrogens is 216 g/mol. The average Bonchev–Trinajstić information content (AvgIpc) is 2.34. The third-order valence-corrected chi connectivity index (χ3v) is 2.74. The lowest BCUT2D eigenvalue weighted by molar-refractivity contribution is -0.138. The van der Waals surface area contributed by atoms with Gasteiger partial charge >= 0.3 is 5.97 Å². The Hall–Kier alpha value is -0.830. The minimum absolute atomic E-state index is 0.199. The fourth-order valence-corrected chi connectivity index (χ4v) is 1.41. The van der Waals surface area contributed by atoms with E-state index in [9.17, 15) is 4.79 Å². The van der Waals surface area contributed by atoms with E-state index in [0.717, 1.165) is 38.7 Å². The summed E-state index contributed by atoms with van der Waals surface area (Å²) in [5.74, 6) is -0.367. The number of hydrogen-bond donors (Lipinski definition) is 0.